The second-order valence-electron chi connectivity index (χ2n) is 5.02. The van der Waals surface area contributed by atoms with Crippen LogP contribution in [-0.2, 0) is 6.42 Å². The number of hydrogen-bond acceptors (Lipinski definition) is 2. The van der Waals surface area contributed by atoms with E-state index in [1.165, 1.54) is 30.6 Å². The zero-order valence-electron chi connectivity index (χ0n) is 10.4. The Morgan fingerprint density at radius 2 is 2.38 bits per heavy atom. The van der Waals surface area contributed by atoms with Gasteiger partial charge in [-0.15, -0.1) is 11.3 Å². The van der Waals surface area contributed by atoms with Crippen molar-refractivity contribution < 1.29 is 0 Å². The van der Waals surface area contributed by atoms with Crippen molar-refractivity contribution in [2.45, 2.75) is 45.6 Å². The summed E-state index contributed by atoms with van der Waals surface area (Å²) in [6.07, 6.45) is 5.50. The normalized spacial score (nSPS) is 27.1. The lowest BCUT2D eigenvalue weighted by Crippen LogP contribution is -2.38. The molecule has 1 heterocycles. The second kappa shape index (κ2) is 5.83. The molecule has 16 heavy (non-hydrogen) atoms. The second-order valence-corrected chi connectivity index (χ2v) is 6.05. The van der Waals surface area contributed by atoms with Crippen molar-refractivity contribution in [3.8, 4) is 0 Å². The van der Waals surface area contributed by atoms with Crippen LogP contribution in [0.3, 0.4) is 0 Å². The molecule has 1 saturated carbocycles. The van der Waals surface area contributed by atoms with Crippen LogP contribution in [0.1, 0.15) is 38.0 Å². The minimum atomic E-state index is 0.696. The van der Waals surface area contributed by atoms with Gasteiger partial charge in [0.25, 0.3) is 0 Å². The summed E-state index contributed by atoms with van der Waals surface area (Å²) in [5, 5.41) is 5.89. The van der Waals surface area contributed by atoms with E-state index in [1.54, 1.807) is 0 Å². The molecule has 0 spiro atoms. The maximum absolute atomic E-state index is 3.70. The van der Waals surface area contributed by atoms with Crippen LogP contribution in [0.15, 0.2) is 17.5 Å². The van der Waals surface area contributed by atoms with Crippen LogP contribution < -0.4 is 5.32 Å². The molecule has 1 fully saturated rings. The van der Waals surface area contributed by atoms with Gasteiger partial charge in [0.2, 0.25) is 0 Å². The van der Waals surface area contributed by atoms with Gasteiger partial charge in [-0.1, -0.05) is 32.8 Å². The summed E-state index contributed by atoms with van der Waals surface area (Å²) in [6, 6.07) is 5.14. The Morgan fingerprint density at radius 3 is 2.94 bits per heavy atom. The average molecular weight is 237 g/mol. The van der Waals surface area contributed by atoms with Gasteiger partial charge in [-0.25, -0.2) is 0 Å². The van der Waals surface area contributed by atoms with Crippen LogP contribution in [0.25, 0.3) is 0 Å². The molecule has 90 valence electrons. The minimum absolute atomic E-state index is 0.696. The molecule has 0 radical (unpaired) electrons. The molecular formula is C14H23NS. The van der Waals surface area contributed by atoms with Crippen molar-refractivity contribution >= 4 is 11.3 Å². The third-order valence-electron chi connectivity index (χ3n) is 3.91. The number of nitrogens with one attached hydrogen (secondary N) is 1. The molecule has 1 aliphatic rings. The van der Waals surface area contributed by atoms with Gasteiger partial charge in [-0.2, -0.15) is 0 Å². The third kappa shape index (κ3) is 2.86. The van der Waals surface area contributed by atoms with E-state index in [-0.39, 0.29) is 0 Å². The standard InChI is InChI=1S/C14H23NS/c1-3-15-14(10-12-7-5-9-16-12)13-8-4-6-11(13)2/h5,7,9,11,13-15H,3-4,6,8,10H2,1-2H3. The van der Waals surface area contributed by atoms with E-state index in [0.29, 0.717) is 6.04 Å². The van der Waals surface area contributed by atoms with Crippen LogP contribution in [0, 0.1) is 11.8 Å². The number of hydrogen-bond donors (Lipinski definition) is 1. The SMILES string of the molecule is CCNC(Cc1cccs1)C1CCCC1C. The highest BCUT2D eigenvalue weighted by Gasteiger charge is 2.30. The molecule has 1 nitrogen and oxygen atoms in total. The molecule has 3 atom stereocenters. The largest absolute Gasteiger partial charge is 0.314 e. The molecule has 2 heteroatoms. The Morgan fingerprint density at radius 1 is 1.50 bits per heavy atom. The molecule has 1 N–H and O–H groups in total. The van der Waals surface area contributed by atoms with Crippen LogP contribution in [0.2, 0.25) is 0 Å². The Balaban J connectivity index is 1.99. The van der Waals surface area contributed by atoms with E-state index in [4.69, 9.17) is 0 Å². The third-order valence-corrected chi connectivity index (χ3v) is 4.81. The van der Waals surface area contributed by atoms with E-state index >= 15 is 0 Å². The molecule has 0 amide bonds. The smallest absolute Gasteiger partial charge is 0.0146 e. The van der Waals surface area contributed by atoms with Crippen LogP contribution in [0.4, 0.5) is 0 Å². The van der Waals surface area contributed by atoms with Gasteiger partial charge in [-0.05, 0) is 42.7 Å². The fourth-order valence-electron chi connectivity index (χ4n) is 3.05. The van der Waals surface area contributed by atoms with Gasteiger partial charge in [0.05, 0.1) is 0 Å². The molecule has 0 aliphatic heterocycles. The van der Waals surface area contributed by atoms with E-state index in [0.717, 1.165) is 18.4 Å². The highest BCUT2D eigenvalue weighted by molar-refractivity contribution is 7.09. The number of thiophene rings is 1. The predicted molar refractivity (Wildman–Crippen MR) is 72.0 cm³/mol. The summed E-state index contributed by atoms with van der Waals surface area (Å²) in [4.78, 5) is 1.53. The minimum Gasteiger partial charge on any atom is -0.314 e. The van der Waals surface area contributed by atoms with Crippen LogP contribution >= 0.6 is 11.3 Å². The molecule has 0 bridgehead atoms. The molecule has 1 aromatic rings. The van der Waals surface area contributed by atoms with Crippen LogP contribution in [0.5, 0.6) is 0 Å². The Kier molecular flexibility index (Phi) is 4.42. The maximum Gasteiger partial charge on any atom is 0.0146 e. The summed E-state index contributed by atoms with van der Waals surface area (Å²) in [5.74, 6) is 1.80. The van der Waals surface area contributed by atoms with Crippen molar-refractivity contribution in [1.29, 1.82) is 0 Å². The van der Waals surface area contributed by atoms with E-state index in [9.17, 15) is 0 Å². The monoisotopic (exact) mass is 237 g/mol. The Hall–Kier alpha value is -0.340. The first-order chi connectivity index (χ1) is 7.81. The number of likely N-dealkylation sites (N-methyl/N-ethyl adjacent to an activating group) is 1. The first-order valence-corrected chi connectivity index (χ1v) is 7.45. The molecule has 0 saturated heterocycles. The summed E-state index contributed by atoms with van der Waals surface area (Å²) < 4.78 is 0. The summed E-state index contributed by atoms with van der Waals surface area (Å²) in [7, 11) is 0. The van der Waals surface area contributed by atoms with Crippen molar-refractivity contribution in [2.24, 2.45) is 11.8 Å². The van der Waals surface area contributed by atoms with Gasteiger partial charge >= 0.3 is 0 Å². The van der Waals surface area contributed by atoms with Crippen molar-refractivity contribution in [3.63, 3.8) is 0 Å². The van der Waals surface area contributed by atoms with E-state index < -0.39 is 0 Å². The number of rotatable bonds is 5. The van der Waals surface area contributed by atoms with Crippen LogP contribution in [-0.4, -0.2) is 12.6 Å². The molecular weight excluding hydrogens is 214 g/mol. The Labute approximate surface area is 103 Å². The zero-order chi connectivity index (χ0) is 11.4. The predicted octanol–water partition coefficient (Wildman–Crippen LogP) is 3.70. The first-order valence-electron chi connectivity index (χ1n) is 6.57. The summed E-state index contributed by atoms with van der Waals surface area (Å²) in [6.45, 7) is 5.75. The lowest BCUT2D eigenvalue weighted by molar-refractivity contribution is 0.300. The molecule has 2 rings (SSSR count). The highest BCUT2D eigenvalue weighted by atomic mass is 32.1. The van der Waals surface area contributed by atoms with E-state index in [2.05, 4.69) is 36.7 Å². The summed E-state index contributed by atoms with van der Waals surface area (Å²) >= 11 is 1.90. The molecule has 1 aromatic heterocycles. The molecule has 3 unspecified atom stereocenters. The fraction of sp³-hybridized carbons (Fsp3) is 0.714. The van der Waals surface area contributed by atoms with Crippen molar-refractivity contribution in [3.05, 3.63) is 22.4 Å². The van der Waals surface area contributed by atoms with Crippen molar-refractivity contribution in [1.82, 2.24) is 5.32 Å². The fourth-order valence-corrected chi connectivity index (χ4v) is 3.82. The molecule has 0 aromatic carbocycles. The quantitative estimate of drug-likeness (QED) is 0.823. The Bertz CT molecular complexity index is 294. The van der Waals surface area contributed by atoms with Gasteiger partial charge < -0.3 is 5.32 Å². The zero-order valence-corrected chi connectivity index (χ0v) is 11.2. The molecule has 1 aliphatic carbocycles. The average Bonchev–Trinajstić information content (AvgIpc) is 2.88. The lowest BCUT2D eigenvalue weighted by atomic mass is 9.88. The van der Waals surface area contributed by atoms with Crippen molar-refractivity contribution in [2.75, 3.05) is 6.54 Å². The van der Waals surface area contributed by atoms with Gasteiger partial charge in [0, 0.05) is 10.9 Å². The maximum atomic E-state index is 3.70. The summed E-state index contributed by atoms with van der Waals surface area (Å²) in [5.41, 5.74) is 0. The van der Waals surface area contributed by atoms with E-state index in [1.807, 2.05) is 11.3 Å². The van der Waals surface area contributed by atoms with Gasteiger partial charge in [-0.3, -0.25) is 0 Å². The topological polar surface area (TPSA) is 12.0 Å². The van der Waals surface area contributed by atoms with Gasteiger partial charge in [0.15, 0.2) is 0 Å². The lowest BCUT2D eigenvalue weighted by Gasteiger charge is -2.27. The highest BCUT2D eigenvalue weighted by Crippen LogP contribution is 2.35. The first kappa shape index (κ1) is 12.1. The van der Waals surface area contributed by atoms with Gasteiger partial charge in [0.1, 0.15) is 0 Å².